The van der Waals surface area contributed by atoms with Crippen LogP contribution >= 0.6 is 15.9 Å². The van der Waals surface area contributed by atoms with Gasteiger partial charge < -0.3 is 10.1 Å². The summed E-state index contributed by atoms with van der Waals surface area (Å²) < 4.78 is 21.0. The summed E-state index contributed by atoms with van der Waals surface area (Å²) in [5, 5.41) is 2.95. The van der Waals surface area contributed by atoms with E-state index in [1.165, 1.54) is 12.1 Å². The molecule has 0 aliphatic rings. The predicted octanol–water partition coefficient (Wildman–Crippen LogP) is 3.46. The standard InChI is InChI=1S/C13H10BrFN4O/c1-16-11-7-19-5-4-17-12(19)13(18-11)20-8-2-3-10(15)9(14)6-8/h2-7,16H,1H3. The van der Waals surface area contributed by atoms with Gasteiger partial charge in [0, 0.05) is 19.4 Å². The van der Waals surface area contributed by atoms with Crippen molar-refractivity contribution in [2.24, 2.45) is 0 Å². The Morgan fingerprint density at radius 2 is 2.25 bits per heavy atom. The summed E-state index contributed by atoms with van der Waals surface area (Å²) >= 11 is 3.12. The monoisotopic (exact) mass is 336 g/mol. The summed E-state index contributed by atoms with van der Waals surface area (Å²) in [6.45, 7) is 0. The van der Waals surface area contributed by atoms with E-state index in [9.17, 15) is 4.39 Å². The van der Waals surface area contributed by atoms with Crippen LogP contribution in [0.5, 0.6) is 11.6 Å². The molecule has 0 saturated heterocycles. The molecule has 0 aliphatic heterocycles. The van der Waals surface area contributed by atoms with Gasteiger partial charge in [-0.2, -0.15) is 4.98 Å². The number of fused-ring (bicyclic) bond motifs is 1. The molecular weight excluding hydrogens is 327 g/mol. The van der Waals surface area contributed by atoms with Crippen molar-refractivity contribution >= 4 is 27.4 Å². The number of halogens is 2. The highest BCUT2D eigenvalue weighted by molar-refractivity contribution is 9.10. The van der Waals surface area contributed by atoms with Gasteiger partial charge in [0.2, 0.25) is 5.65 Å². The number of nitrogens with zero attached hydrogens (tertiary/aromatic N) is 3. The zero-order chi connectivity index (χ0) is 14.1. The molecule has 0 bridgehead atoms. The second-order valence-corrected chi connectivity index (χ2v) is 4.87. The SMILES string of the molecule is CNc1cn2ccnc2c(Oc2ccc(F)c(Br)c2)n1. The molecule has 0 amide bonds. The summed E-state index contributed by atoms with van der Waals surface area (Å²) in [4.78, 5) is 8.51. The minimum Gasteiger partial charge on any atom is -0.436 e. The predicted molar refractivity (Wildman–Crippen MR) is 76.7 cm³/mol. The highest BCUT2D eigenvalue weighted by Gasteiger charge is 2.10. The normalized spacial score (nSPS) is 10.8. The summed E-state index contributed by atoms with van der Waals surface area (Å²) in [7, 11) is 1.77. The smallest absolute Gasteiger partial charge is 0.265 e. The maximum Gasteiger partial charge on any atom is 0.265 e. The molecule has 102 valence electrons. The fourth-order valence-electron chi connectivity index (χ4n) is 1.74. The van der Waals surface area contributed by atoms with Gasteiger partial charge in [0.25, 0.3) is 5.88 Å². The quantitative estimate of drug-likeness (QED) is 0.795. The van der Waals surface area contributed by atoms with E-state index < -0.39 is 0 Å². The molecule has 0 aliphatic carbocycles. The Morgan fingerprint density at radius 3 is 3.00 bits per heavy atom. The van der Waals surface area contributed by atoms with Crippen LogP contribution in [0.4, 0.5) is 10.2 Å². The van der Waals surface area contributed by atoms with Crippen LogP contribution in [-0.2, 0) is 0 Å². The summed E-state index contributed by atoms with van der Waals surface area (Å²) in [5.74, 6) is 1.12. The van der Waals surface area contributed by atoms with Crippen molar-refractivity contribution in [1.29, 1.82) is 0 Å². The van der Waals surface area contributed by atoms with Crippen molar-refractivity contribution in [1.82, 2.24) is 14.4 Å². The molecule has 5 nitrogen and oxygen atoms in total. The first-order chi connectivity index (χ1) is 9.67. The molecule has 3 rings (SSSR count). The zero-order valence-electron chi connectivity index (χ0n) is 10.5. The van der Waals surface area contributed by atoms with Crippen LogP contribution in [0.15, 0.2) is 41.3 Å². The van der Waals surface area contributed by atoms with Gasteiger partial charge in [-0.25, -0.2) is 9.37 Å². The molecular formula is C13H10BrFN4O. The number of nitrogens with one attached hydrogen (secondary N) is 1. The van der Waals surface area contributed by atoms with Gasteiger partial charge in [-0.3, -0.25) is 4.40 Å². The Kier molecular flexibility index (Phi) is 3.27. The molecule has 2 aromatic heterocycles. The maximum atomic E-state index is 13.2. The van der Waals surface area contributed by atoms with Crippen LogP contribution < -0.4 is 10.1 Å². The van der Waals surface area contributed by atoms with Gasteiger partial charge in [0.15, 0.2) is 0 Å². The lowest BCUT2D eigenvalue weighted by molar-refractivity contribution is 0.463. The third-order valence-electron chi connectivity index (χ3n) is 2.71. The van der Waals surface area contributed by atoms with E-state index in [0.717, 1.165) is 0 Å². The van der Waals surface area contributed by atoms with E-state index >= 15 is 0 Å². The molecule has 0 unspecified atom stereocenters. The van der Waals surface area contributed by atoms with Crippen LogP contribution in [-0.4, -0.2) is 21.4 Å². The van der Waals surface area contributed by atoms with Crippen molar-refractivity contribution in [2.45, 2.75) is 0 Å². The molecule has 0 saturated carbocycles. The van der Waals surface area contributed by atoms with Gasteiger partial charge in [-0.1, -0.05) is 0 Å². The number of hydrogen-bond acceptors (Lipinski definition) is 4. The number of benzene rings is 1. The van der Waals surface area contributed by atoms with E-state index in [-0.39, 0.29) is 5.82 Å². The highest BCUT2D eigenvalue weighted by Crippen LogP contribution is 2.28. The average molecular weight is 337 g/mol. The lowest BCUT2D eigenvalue weighted by Crippen LogP contribution is -1.99. The van der Waals surface area contributed by atoms with Crippen molar-refractivity contribution in [3.8, 4) is 11.6 Å². The van der Waals surface area contributed by atoms with Gasteiger partial charge in [-0.15, -0.1) is 0 Å². The molecule has 1 aromatic carbocycles. The molecule has 0 radical (unpaired) electrons. The summed E-state index contributed by atoms with van der Waals surface area (Å²) in [5.41, 5.74) is 0.587. The second-order valence-electron chi connectivity index (χ2n) is 4.02. The third kappa shape index (κ3) is 2.32. The fraction of sp³-hybridized carbons (Fsp3) is 0.0769. The zero-order valence-corrected chi connectivity index (χ0v) is 12.1. The minimum atomic E-state index is -0.347. The molecule has 20 heavy (non-hydrogen) atoms. The van der Waals surface area contributed by atoms with Crippen molar-refractivity contribution in [3.63, 3.8) is 0 Å². The molecule has 0 spiro atoms. The third-order valence-corrected chi connectivity index (χ3v) is 3.31. The number of ether oxygens (including phenoxy) is 1. The van der Waals surface area contributed by atoms with Gasteiger partial charge in [0.05, 0.1) is 10.7 Å². The number of imidazole rings is 1. The topological polar surface area (TPSA) is 51.5 Å². The van der Waals surface area contributed by atoms with E-state index in [2.05, 4.69) is 31.2 Å². The number of hydrogen-bond donors (Lipinski definition) is 1. The second kappa shape index (κ2) is 5.09. The van der Waals surface area contributed by atoms with Crippen LogP contribution in [0.2, 0.25) is 0 Å². The first kappa shape index (κ1) is 12.9. The Hall–Kier alpha value is -2.15. The van der Waals surface area contributed by atoms with Crippen molar-refractivity contribution in [2.75, 3.05) is 12.4 Å². The van der Waals surface area contributed by atoms with Crippen LogP contribution in [0.3, 0.4) is 0 Å². The fourth-order valence-corrected chi connectivity index (χ4v) is 2.10. The Balaban J connectivity index is 2.04. The van der Waals surface area contributed by atoms with Gasteiger partial charge in [-0.05, 0) is 34.1 Å². The first-order valence-electron chi connectivity index (χ1n) is 5.82. The highest BCUT2D eigenvalue weighted by atomic mass is 79.9. The number of aromatic nitrogens is 3. The van der Waals surface area contributed by atoms with Gasteiger partial charge in [0.1, 0.15) is 17.4 Å². The lowest BCUT2D eigenvalue weighted by atomic mass is 10.3. The number of rotatable bonds is 3. The minimum absolute atomic E-state index is 0.333. The van der Waals surface area contributed by atoms with E-state index in [0.29, 0.717) is 27.6 Å². The Bertz CT molecular complexity index is 774. The molecule has 7 heteroatoms. The molecule has 0 atom stereocenters. The van der Waals surface area contributed by atoms with Crippen LogP contribution in [0.1, 0.15) is 0 Å². The van der Waals surface area contributed by atoms with Crippen LogP contribution in [0, 0.1) is 5.82 Å². The van der Waals surface area contributed by atoms with E-state index in [1.54, 1.807) is 36.1 Å². The molecule has 0 fully saturated rings. The Morgan fingerprint density at radius 1 is 1.40 bits per heavy atom. The largest absolute Gasteiger partial charge is 0.436 e. The van der Waals surface area contributed by atoms with E-state index in [4.69, 9.17) is 4.74 Å². The van der Waals surface area contributed by atoms with Gasteiger partial charge >= 0.3 is 0 Å². The maximum absolute atomic E-state index is 13.2. The molecule has 1 N–H and O–H groups in total. The lowest BCUT2D eigenvalue weighted by Gasteiger charge is -2.09. The summed E-state index contributed by atoms with van der Waals surface area (Å²) in [6.07, 6.45) is 5.25. The first-order valence-corrected chi connectivity index (χ1v) is 6.61. The van der Waals surface area contributed by atoms with E-state index in [1.807, 2.05) is 0 Å². The van der Waals surface area contributed by atoms with Crippen molar-refractivity contribution < 1.29 is 9.13 Å². The van der Waals surface area contributed by atoms with Crippen molar-refractivity contribution in [3.05, 3.63) is 47.1 Å². The average Bonchev–Trinajstić information content (AvgIpc) is 2.91. The van der Waals surface area contributed by atoms with Crippen LogP contribution in [0.25, 0.3) is 5.65 Å². The number of anilines is 1. The molecule has 2 heterocycles. The summed E-state index contributed by atoms with van der Waals surface area (Å²) in [6, 6.07) is 4.40. The Labute approximate surface area is 122 Å². The molecule has 3 aromatic rings.